The van der Waals surface area contributed by atoms with Crippen molar-refractivity contribution in [2.45, 2.75) is 38.6 Å². The molecule has 2 rings (SSSR count). The van der Waals surface area contributed by atoms with E-state index in [1.165, 1.54) is 0 Å². The van der Waals surface area contributed by atoms with Gasteiger partial charge in [0.25, 0.3) is 0 Å². The molecule has 0 bridgehead atoms. The Balaban J connectivity index is 0.00000288. The minimum absolute atomic E-state index is 0. The van der Waals surface area contributed by atoms with Gasteiger partial charge >= 0.3 is 0 Å². The SMILES string of the molecule is Cc1ccc(NC(=O)C2CCCC(N)C2)c(OCCN(C)C)c1.Cl.Cl. The van der Waals surface area contributed by atoms with Gasteiger partial charge in [-0.25, -0.2) is 0 Å². The second kappa shape index (κ2) is 11.6. The zero-order chi connectivity index (χ0) is 16.8. The van der Waals surface area contributed by atoms with Gasteiger partial charge in [-0.3, -0.25) is 4.79 Å². The summed E-state index contributed by atoms with van der Waals surface area (Å²) in [6.45, 7) is 3.44. The summed E-state index contributed by atoms with van der Waals surface area (Å²) < 4.78 is 5.86. The van der Waals surface area contributed by atoms with Crippen molar-refractivity contribution < 1.29 is 9.53 Å². The number of ether oxygens (including phenoxy) is 1. The average Bonchev–Trinajstić information content (AvgIpc) is 2.49. The largest absolute Gasteiger partial charge is 0.490 e. The minimum atomic E-state index is 0. The van der Waals surface area contributed by atoms with E-state index in [4.69, 9.17) is 10.5 Å². The van der Waals surface area contributed by atoms with E-state index in [1.807, 2.05) is 39.2 Å². The highest BCUT2D eigenvalue weighted by Gasteiger charge is 2.25. The number of rotatable bonds is 6. The van der Waals surface area contributed by atoms with Crippen LogP contribution >= 0.6 is 24.8 Å². The molecule has 1 aliphatic rings. The standard InChI is InChI=1S/C18H29N3O2.2ClH/c1-13-7-8-16(17(11-13)23-10-9-21(2)3)20-18(22)14-5-4-6-15(19)12-14;;/h7-8,11,14-15H,4-6,9-10,12,19H2,1-3H3,(H,20,22);2*1H. The molecule has 1 aliphatic carbocycles. The average molecular weight is 392 g/mol. The van der Waals surface area contributed by atoms with E-state index in [0.29, 0.717) is 6.61 Å². The molecular formula is C18H31Cl2N3O2. The van der Waals surface area contributed by atoms with E-state index < -0.39 is 0 Å². The number of anilines is 1. The number of nitrogens with one attached hydrogen (secondary N) is 1. The molecule has 2 unspecified atom stereocenters. The number of nitrogens with zero attached hydrogens (tertiary/aromatic N) is 1. The van der Waals surface area contributed by atoms with Crippen molar-refractivity contribution >= 4 is 36.4 Å². The van der Waals surface area contributed by atoms with Gasteiger partial charge in [0.1, 0.15) is 12.4 Å². The molecule has 1 aromatic rings. The predicted octanol–water partition coefficient (Wildman–Crippen LogP) is 3.24. The Bertz CT molecular complexity index is 541. The number of carbonyl (C=O) groups excluding carboxylic acids is 1. The fourth-order valence-electron chi connectivity index (χ4n) is 2.89. The van der Waals surface area contributed by atoms with E-state index in [-0.39, 0.29) is 42.7 Å². The number of aryl methyl sites for hydroxylation is 1. The molecule has 0 radical (unpaired) electrons. The Morgan fingerprint density at radius 2 is 2.04 bits per heavy atom. The van der Waals surface area contributed by atoms with E-state index in [0.717, 1.165) is 49.2 Å². The summed E-state index contributed by atoms with van der Waals surface area (Å²) in [5.41, 5.74) is 7.85. The maximum Gasteiger partial charge on any atom is 0.227 e. The smallest absolute Gasteiger partial charge is 0.227 e. The molecule has 2 atom stereocenters. The van der Waals surface area contributed by atoms with Crippen LogP contribution in [0.2, 0.25) is 0 Å². The highest BCUT2D eigenvalue weighted by molar-refractivity contribution is 5.94. The Morgan fingerprint density at radius 3 is 2.68 bits per heavy atom. The second-order valence-corrected chi connectivity index (χ2v) is 6.76. The molecule has 3 N–H and O–H groups in total. The number of benzene rings is 1. The van der Waals surface area contributed by atoms with Crippen LogP contribution in [0.25, 0.3) is 0 Å². The van der Waals surface area contributed by atoms with Crippen LogP contribution in [-0.2, 0) is 4.79 Å². The van der Waals surface area contributed by atoms with Gasteiger partial charge in [-0.2, -0.15) is 0 Å². The Morgan fingerprint density at radius 1 is 1.32 bits per heavy atom. The molecule has 0 saturated heterocycles. The molecule has 1 aromatic carbocycles. The van der Waals surface area contributed by atoms with Crippen LogP contribution in [0.5, 0.6) is 5.75 Å². The molecule has 0 heterocycles. The number of hydrogen-bond donors (Lipinski definition) is 2. The van der Waals surface area contributed by atoms with E-state index in [2.05, 4.69) is 10.2 Å². The zero-order valence-electron chi connectivity index (χ0n) is 15.3. The summed E-state index contributed by atoms with van der Waals surface area (Å²) in [4.78, 5) is 14.6. The first-order chi connectivity index (χ1) is 11.0. The summed E-state index contributed by atoms with van der Waals surface area (Å²) in [5, 5.41) is 3.03. The molecule has 1 fully saturated rings. The van der Waals surface area contributed by atoms with Gasteiger partial charge < -0.3 is 20.7 Å². The zero-order valence-corrected chi connectivity index (χ0v) is 16.9. The lowest BCUT2D eigenvalue weighted by molar-refractivity contribution is -0.120. The molecule has 144 valence electrons. The monoisotopic (exact) mass is 391 g/mol. The van der Waals surface area contributed by atoms with Crippen LogP contribution in [0, 0.1) is 12.8 Å². The van der Waals surface area contributed by atoms with Crippen LogP contribution in [0.4, 0.5) is 5.69 Å². The van der Waals surface area contributed by atoms with Gasteiger partial charge in [0.2, 0.25) is 5.91 Å². The Hall–Kier alpha value is -1.01. The van der Waals surface area contributed by atoms with Crippen LogP contribution in [0.15, 0.2) is 18.2 Å². The number of likely N-dealkylation sites (N-methyl/N-ethyl adjacent to an activating group) is 1. The van der Waals surface area contributed by atoms with Gasteiger partial charge in [-0.15, -0.1) is 24.8 Å². The van der Waals surface area contributed by atoms with Crippen molar-refractivity contribution in [3.8, 4) is 5.75 Å². The quantitative estimate of drug-likeness (QED) is 0.780. The van der Waals surface area contributed by atoms with E-state index >= 15 is 0 Å². The Labute approximate surface area is 163 Å². The molecule has 7 heteroatoms. The first-order valence-electron chi connectivity index (χ1n) is 8.40. The number of nitrogens with two attached hydrogens (primary N) is 1. The van der Waals surface area contributed by atoms with E-state index in [1.54, 1.807) is 0 Å². The summed E-state index contributed by atoms with van der Waals surface area (Å²) in [7, 11) is 4.02. The number of halogens is 2. The third-order valence-electron chi connectivity index (χ3n) is 4.28. The van der Waals surface area contributed by atoms with Crippen LogP contribution in [-0.4, -0.2) is 44.1 Å². The maximum atomic E-state index is 12.5. The maximum absolute atomic E-state index is 12.5. The molecule has 0 aromatic heterocycles. The molecule has 5 nitrogen and oxygen atoms in total. The first-order valence-corrected chi connectivity index (χ1v) is 8.40. The fourth-order valence-corrected chi connectivity index (χ4v) is 2.89. The van der Waals surface area contributed by atoms with Crippen molar-refractivity contribution in [2.24, 2.45) is 11.7 Å². The lowest BCUT2D eigenvalue weighted by Crippen LogP contribution is -2.34. The number of hydrogen-bond acceptors (Lipinski definition) is 4. The van der Waals surface area contributed by atoms with Crippen molar-refractivity contribution in [3.63, 3.8) is 0 Å². The van der Waals surface area contributed by atoms with Crippen LogP contribution < -0.4 is 15.8 Å². The highest BCUT2D eigenvalue weighted by Crippen LogP contribution is 2.29. The number of amides is 1. The van der Waals surface area contributed by atoms with E-state index in [9.17, 15) is 4.79 Å². The summed E-state index contributed by atoms with van der Waals surface area (Å²) in [6.07, 6.45) is 3.74. The van der Waals surface area contributed by atoms with Crippen molar-refractivity contribution in [1.82, 2.24) is 4.90 Å². The second-order valence-electron chi connectivity index (χ2n) is 6.76. The summed E-state index contributed by atoms with van der Waals surface area (Å²) >= 11 is 0. The molecule has 0 aliphatic heterocycles. The number of carbonyl (C=O) groups is 1. The fraction of sp³-hybridized carbons (Fsp3) is 0.611. The summed E-state index contributed by atoms with van der Waals surface area (Å²) in [6, 6.07) is 6.02. The minimum Gasteiger partial charge on any atom is -0.490 e. The molecule has 0 spiro atoms. The molecular weight excluding hydrogens is 361 g/mol. The third kappa shape index (κ3) is 7.82. The first kappa shape index (κ1) is 24.0. The lowest BCUT2D eigenvalue weighted by Gasteiger charge is -2.26. The van der Waals surface area contributed by atoms with Gasteiger partial charge in [-0.1, -0.05) is 12.5 Å². The lowest BCUT2D eigenvalue weighted by atomic mass is 9.85. The Kier molecular flexibility index (Phi) is 11.1. The molecule has 1 saturated carbocycles. The normalized spacial score (nSPS) is 19.6. The topological polar surface area (TPSA) is 67.6 Å². The van der Waals surface area contributed by atoms with Crippen molar-refractivity contribution in [2.75, 3.05) is 32.6 Å². The van der Waals surface area contributed by atoms with Crippen LogP contribution in [0.3, 0.4) is 0 Å². The van der Waals surface area contributed by atoms with Gasteiger partial charge in [-0.05, 0) is 58.0 Å². The van der Waals surface area contributed by atoms with Gasteiger partial charge in [0.05, 0.1) is 5.69 Å². The highest BCUT2D eigenvalue weighted by atomic mass is 35.5. The third-order valence-corrected chi connectivity index (χ3v) is 4.28. The van der Waals surface area contributed by atoms with Gasteiger partial charge in [0.15, 0.2) is 0 Å². The molecule has 1 amide bonds. The van der Waals surface area contributed by atoms with Gasteiger partial charge in [0, 0.05) is 18.5 Å². The van der Waals surface area contributed by atoms with Crippen LogP contribution in [0.1, 0.15) is 31.2 Å². The van der Waals surface area contributed by atoms with Crippen molar-refractivity contribution in [3.05, 3.63) is 23.8 Å². The molecule has 25 heavy (non-hydrogen) atoms. The van der Waals surface area contributed by atoms with Crippen molar-refractivity contribution in [1.29, 1.82) is 0 Å². The summed E-state index contributed by atoms with van der Waals surface area (Å²) in [5.74, 6) is 0.802. The predicted molar refractivity (Wildman–Crippen MR) is 108 cm³/mol.